The fourth-order valence-electron chi connectivity index (χ4n) is 4.58. The lowest BCUT2D eigenvalue weighted by Gasteiger charge is -2.50. The molecule has 9 heteroatoms. The zero-order valence-electron chi connectivity index (χ0n) is 18.3. The molecule has 31 heavy (non-hydrogen) atoms. The fourth-order valence-corrected chi connectivity index (χ4v) is 4.58. The van der Waals surface area contributed by atoms with Gasteiger partial charge in [-0.15, -0.1) is 0 Å². The molecular formula is C22H27N5O4. The van der Waals surface area contributed by atoms with Crippen LogP contribution in [0.4, 0.5) is 22.7 Å². The van der Waals surface area contributed by atoms with Crippen molar-refractivity contribution in [3.63, 3.8) is 0 Å². The van der Waals surface area contributed by atoms with Gasteiger partial charge >= 0.3 is 5.69 Å². The van der Waals surface area contributed by atoms with Crippen LogP contribution in [0, 0.1) is 20.2 Å². The molecule has 0 saturated carbocycles. The Kier molecular flexibility index (Phi) is 5.97. The van der Waals surface area contributed by atoms with Gasteiger partial charge in [0, 0.05) is 23.3 Å². The molecule has 1 aliphatic heterocycles. The summed E-state index contributed by atoms with van der Waals surface area (Å²) < 4.78 is 0. The number of rotatable bonds is 6. The van der Waals surface area contributed by atoms with E-state index < -0.39 is 15.5 Å². The van der Waals surface area contributed by atoms with Gasteiger partial charge in [0.15, 0.2) is 0 Å². The molecular weight excluding hydrogens is 398 g/mol. The van der Waals surface area contributed by atoms with Crippen molar-refractivity contribution < 1.29 is 9.85 Å². The van der Waals surface area contributed by atoms with E-state index in [1.165, 1.54) is 23.4 Å². The zero-order valence-corrected chi connectivity index (χ0v) is 18.3. The predicted octanol–water partition coefficient (Wildman–Crippen LogP) is 5.45. The van der Waals surface area contributed by atoms with Crippen molar-refractivity contribution in [2.75, 3.05) is 10.3 Å². The smallest absolute Gasteiger partial charge is 0.301 e. The molecule has 0 bridgehead atoms. The van der Waals surface area contributed by atoms with Gasteiger partial charge in [-0.25, -0.2) is 0 Å². The van der Waals surface area contributed by atoms with Gasteiger partial charge in [-0.1, -0.05) is 13.0 Å². The van der Waals surface area contributed by atoms with Gasteiger partial charge in [0.05, 0.1) is 22.1 Å². The summed E-state index contributed by atoms with van der Waals surface area (Å²) in [6.45, 7) is 11.1. The average molecular weight is 425 g/mol. The number of nitrogens with zero attached hydrogens (tertiary/aromatic N) is 4. The molecule has 0 radical (unpaired) electrons. The van der Waals surface area contributed by atoms with Crippen LogP contribution in [0.25, 0.3) is 0 Å². The second-order valence-corrected chi connectivity index (χ2v) is 8.79. The van der Waals surface area contributed by atoms with Crippen LogP contribution in [0.5, 0.6) is 0 Å². The maximum absolute atomic E-state index is 11.3. The number of nitro groups is 2. The maximum Gasteiger partial charge on any atom is 0.301 e. The third-order valence-corrected chi connectivity index (χ3v) is 5.60. The Morgan fingerprint density at radius 1 is 1.16 bits per heavy atom. The van der Waals surface area contributed by atoms with Crippen LogP contribution in [0.3, 0.4) is 0 Å². The molecule has 2 aromatic carbocycles. The minimum Gasteiger partial charge on any atom is -0.364 e. The second-order valence-electron chi connectivity index (χ2n) is 8.79. The van der Waals surface area contributed by atoms with Crippen LogP contribution in [0.15, 0.2) is 41.5 Å². The van der Waals surface area contributed by atoms with Gasteiger partial charge in [0.25, 0.3) is 5.69 Å². The van der Waals surface area contributed by atoms with Crippen molar-refractivity contribution in [2.45, 2.75) is 58.5 Å². The third-order valence-electron chi connectivity index (χ3n) is 5.60. The monoisotopic (exact) mass is 425 g/mol. The van der Waals surface area contributed by atoms with Gasteiger partial charge in [-0.3, -0.25) is 25.7 Å². The normalized spacial score (nSPS) is 17.6. The Morgan fingerprint density at radius 2 is 1.87 bits per heavy atom. The molecule has 164 valence electrons. The molecule has 0 saturated heterocycles. The van der Waals surface area contributed by atoms with Crippen LogP contribution in [0.2, 0.25) is 0 Å². The van der Waals surface area contributed by atoms with Gasteiger partial charge in [0.2, 0.25) is 0 Å². The molecule has 1 atom stereocenters. The molecule has 0 amide bonds. The molecule has 0 spiro atoms. The summed E-state index contributed by atoms with van der Waals surface area (Å²) in [6, 6.07) is 9.94. The molecule has 0 aromatic heterocycles. The highest BCUT2D eigenvalue weighted by Crippen LogP contribution is 2.44. The van der Waals surface area contributed by atoms with E-state index >= 15 is 0 Å². The first-order chi connectivity index (χ1) is 14.5. The molecule has 3 rings (SSSR count). The standard InChI is InChI=1S/C22H27N5O4/c1-14(2)25-20-9-6-16(10-18(20)15(3)12-22(25,4)5)13-23-24-19-8-7-17(26(28)29)11-21(19)27(30)31/h6-11,13-15,24H,12H2,1-5H3/b23-13+. The highest BCUT2D eigenvalue weighted by atomic mass is 16.6. The highest BCUT2D eigenvalue weighted by Gasteiger charge is 2.37. The molecule has 2 aromatic rings. The quantitative estimate of drug-likeness (QED) is 0.374. The number of non-ortho nitro benzene ring substituents is 1. The summed E-state index contributed by atoms with van der Waals surface area (Å²) in [5.41, 5.74) is 5.37. The number of nitro benzene ring substituents is 2. The summed E-state index contributed by atoms with van der Waals surface area (Å²) >= 11 is 0. The van der Waals surface area contributed by atoms with E-state index in [0.717, 1.165) is 18.1 Å². The van der Waals surface area contributed by atoms with E-state index in [0.29, 0.717) is 12.0 Å². The van der Waals surface area contributed by atoms with Gasteiger partial charge in [-0.05, 0) is 69.4 Å². The average Bonchev–Trinajstić information content (AvgIpc) is 2.67. The van der Waals surface area contributed by atoms with Crippen LogP contribution in [-0.4, -0.2) is 27.6 Å². The largest absolute Gasteiger partial charge is 0.364 e. The molecule has 1 N–H and O–H groups in total. The van der Waals surface area contributed by atoms with E-state index in [2.05, 4.69) is 62.2 Å². The first-order valence-corrected chi connectivity index (χ1v) is 10.2. The van der Waals surface area contributed by atoms with E-state index in [-0.39, 0.29) is 16.9 Å². The molecule has 0 fully saturated rings. The van der Waals surface area contributed by atoms with Gasteiger partial charge in [0.1, 0.15) is 5.69 Å². The predicted molar refractivity (Wildman–Crippen MR) is 122 cm³/mol. The Balaban J connectivity index is 1.86. The van der Waals surface area contributed by atoms with Crippen molar-refractivity contribution in [1.29, 1.82) is 0 Å². The van der Waals surface area contributed by atoms with Crippen molar-refractivity contribution in [3.8, 4) is 0 Å². The number of nitrogens with one attached hydrogen (secondary N) is 1. The zero-order chi connectivity index (χ0) is 22.9. The SMILES string of the molecule is CC1CC(C)(C)N(C(C)C)c2ccc(/C=N/Nc3ccc([N+](=O)[O-])cc3[N+](=O)[O-])cc21. The Hall–Kier alpha value is -3.49. The number of hydrogen-bond donors (Lipinski definition) is 1. The molecule has 9 nitrogen and oxygen atoms in total. The van der Waals surface area contributed by atoms with Crippen LogP contribution in [0.1, 0.15) is 58.1 Å². The number of hydrogen-bond acceptors (Lipinski definition) is 7. The number of benzene rings is 2. The Morgan fingerprint density at radius 3 is 2.48 bits per heavy atom. The molecule has 1 unspecified atom stereocenters. The first kappa shape index (κ1) is 22.2. The topological polar surface area (TPSA) is 114 Å². The lowest BCUT2D eigenvalue weighted by molar-refractivity contribution is -0.393. The number of anilines is 2. The Bertz CT molecular complexity index is 1050. The lowest BCUT2D eigenvalue weighted by atomic mass is 9.79. The maximum atomic E-state index is 11.3. The highest BCUT2D eigenvalue weighted by molar-refractivity contribution is 5.83. The molecule has 0 aliphatic carbocycles. The lowest BCUT2D eigenvalue weighted by Crippen LogP contribution is -2.51. The van der Waals surface area contributed by atoms with Gasteiger partial charge < -0.3 is 4.90 Å². The number of hydrazone groups is 1. The summed E-state index contributed by atoms with van der Waals surface area (Å²) in [5, 5.41) is 26.2. The summed E-state index contributed by atoms with van der Waals surface area (Å²) in [4.78, 5) is 23.2. The first-order valence-electron chi connectivity index (χ1n) is 10.2. The Labute approximate surface area is 181 Å². The summed E-state index contributed by atoms with van der Waals surface area (Å²) in [5.74, 6) is 0.386. The van der Waals surface area contributed by atoms with Crippen LogP contribution >= 0.6 is 0 Å². The minimum atomic E-state index is -0.673. The van der Waals surface area contributed by atoms with Crippen LogP contribution in [-0.2, 0) is 0 Å². The second kappa shape index (κ2) is 8.33. The van der Waals surface area contributed by atoms with E-state index in [1.807, 2.05) is 6.07 Å². The minimum absolute atomic E-state index is 0.0621. The van der Waals surface area contributed by atoms with E-state index in [4.69, 9.17) is 0 Å². The van der Waals surface area contributed by atoms with Crippen LogP contribution < -0.4 is 10.3 Å². The molecule has 1 aliphatic rings. The summed E-state index contributed by atoms with van der Waals surface area (Å²) in [7, 11) is 0. The third kappa shape index (κ3) is 4.50. The number of fused-ring (bicyclic) bond motifs is 1. The van der Waals surface area contributed by atoms with Crippen molar-refractivity contribution in [2.24, 2.45) is 5.10 Å². The van der Waals surface area contributed by atoms with Crippen molar-refractivity contribution in [1.82, 2.24) is 0 Å². The van der Waals surface area contributed by atoms with Gasteiger partial charge in [-0.2, -0.15) is 5.10 Å². The van der Waals surface area contributed by atoms with E-state index in [1.54, 1.807) is 6.21 Å². The summed E-state index contributed by atoms with van der Waals surface area (Å²) in [6.07, 6.45) is 2.63. The fraction of sp³-hybridized carbons (Fsp3) is 0.409. The van der Waals surface area contributed by atoms with E-state index in [9.17, 15) is 20.2 Å². The molecule has 1 heterocycles. The van der Waals surface area contributed by atoms with Crippen molar-refractivity contribution >= 4 is 29.0 Å². The van der Waals surface area contributed by atoms with Crippen molar-refractivity contribution in [3.05, 3.63) is 67.8 Å².